The number of aryl methyl sites for hydroxylation is 1. The molecule has 1 aliphatic rings. The predicted molar refractivity (Wildman–Crippen MR) is 105 cm³/mol. The Bertz CT molecular complexity index is 1210. The average molecular weight is 502 g/mol. The zero-order valence-corrected chi connectivity index (χ0v) is 17.8. The van der Waals surface area contributed by atoms with Gasteiger partial charge in [0, 0.05) is 6.07 Å². The summed E-state index contributed by atoms with van der Waals surface area (Å²) < 4.78 is 45.4. The lowest BCUT2D eigenvalue weighted by Gasteiger charge is -2.19. The molecule has 1 amide bonds. The van der Waals surface area contributed by atoms with Crippen molar-refractivity contribution in [1.29, 1.82) is 0 Å². The molecule has 0 radical (unpaired) electrons. The van der Waals surface area contributed by atoms with E-state index in [1.807, 2.05) is 0 Å². The zero-order valence-electron chi connectivity index (χ0n) is 14.6. The first kappa shape index (κ1) is 19.7. The number of aromatic nitrogens is 1. The Morgan fingerprint density at radius 1 is 1.31 bits per heavy atom. The van der Waals surface area contributed by atoms with Gasteiger partial charge in [-0.15, -0.1) is 11.3 Å². The van der Waals surface area contributed by atoms with Gasteiger partial charge in [-0.1, -0.05) is 5.16 Å². The number of ether oxygens (including phenoxy) is 3. The van der Waals surface area contributed by atoms with Crippen LogP contribution in [-0.4, -0.2) is 26.5 Å². The van der Waals surface area contributed by atoms with Gasteiger partial charge in [0.15, 0.2) is 11.5 Å². The summed E-state index contributed by atoms with van der Waals surface area (Å²) >= 11 is 4.26. The van der Waals surface area contributed by atoms with Crippen LogP contribution in [-0.2, 0) is 10.0 Å². The number of amides is 1. The third kappa shape index (κ3) is 3.69. The normalized spacial score (nSPS) is 12.8. The van der Waals surface area contributed by atoms with Crippen LogP contribution in [0, 0.1) is 6.92 Å². The van der Waals surface area contributed by atoms with Gasteiger partial charge in [-0.25, -0.2) is 23.3 Å². The van der Waals surface area contributed by atoms with Crippen LogP contribution in [0.15, 0.2) is 43.5 Å². The van der Waals surface area contributed by atoms with Crippen molar-refractivity contribution < 1.29 is 31.9 Å². The summed E-state index contributed by atoms with van der Waals surface area (Å²) in [6.07, 6.45) is -0.937. The predicted octanol–water partition coefficient (Wildman–Crippen LogP) is 3.52. The average Bonchev–Trinajstić information content (AvgIpc) is 3.38. The monoisotopic (exact) mass is 501 g/mol. The van der Waals surface area contributed by atoms with Crippen molar-refractivity contribution in [3.8, 4) is 17.2 Å². The highest BCUT2D eigenvalue weighted by molar-refractivity contribution is 9.10. The molecule has 0 saturated heterocycles. The molecule has 0 atom stereocenters. The Balaban J connectivity index is 1.76. The second kappa shape index (κ2) is 7.33. The molecule has 29 heavy (non-hydrogen) atoms. The van der Waals surface area contributed by atoms with Gasteiger partial charge in [0.1, 0.15) is 20.1 Å². The SMILES string of the molecule is Cc1noc(N(C(=O)Oc2ccc3c(c2)OCO3)c2sccc2S(N)(=O)=O)c1Br. The van der Waals surface area contributed by atoms with Crippen molar-refractivity contribution in [2.75, 3.05) is 11.7 Å². The summed E-state index contributed by atoms with van der Waals surface area (Å²) in [7, 11) is -4.12. The zero-order chi connectivity index (χ0) is 20.8. The Morgan fingerprint density at radius 2 is 2.07 bits per heavy atom. The standard InChI is InChI=1S/C16H12BrN3O7S2/c1-8-13(17)14(27-19-8)20(15-12(4-5-28-15)29(18,22)23)16(21)26-9-2-3-10-11(6-9)25-7-24-10/h2-6H,7H2,1H3,(H2,18,22,23). The fourth-order valence-corrected chi connectivity index (χ4v) is 4.77. The summed E-state index contributed by atoms with van der Waals surface area (Å²) in [5.41, 5.74) is 0.453. The number of fused-ring (bicyclic) bond motifs is 1. The Hall–Kier alpha value is -2.61. The van der Waals surface area contributed by atoms with Gasteiger partial charge in [0.25, 0.3) is 5.88 Å². The van der Waals surface area contributed by atoms with Crippen LogP contribution in [0.4, 0.5) is 15.7 Å². The van der Waals surface area contributed by atoms with Crippen LogP contribution in [0.3, 0.4) is 0 Å². The maximum Gasteiger partial charge on any atom is 0.427 e. The molecule has 152 valence electrons. The second-order valence-electron chi connectivity index (χ2n) is 5.74. The third-order valence-electron chi connectivity index (χ3n) is 3.83. The first-order chi connectivity index (χ1) is 13.8. The third-order valence-corrected chi connectivity index (χ3v) is 6.71. The number of thiophene rings is 1. The van der Waals surface area contributed by atoms with E-state index >= 15 is 0 Å². The first-order valence-electron chi connectivity index (χ1n) is 7.89. The number of sulfonamides is 1. The molecule has 0 saturated carbocycles. The quantitative estimate of drug-likeness (QED) is 0.573. The Labute approximate surface area is 176 Å². The van der Waals surface area contributed by atoms with Gasteiger partial charge in [0.2, 0.25) is 16.8 Å². The number of rotatable bonds is 4. The minimum atomic E-state index is -4.12. The molecule has 3 aromatic rings. The number of carbonyl (C=O) groups is 1. The van der Waals surface area contributed by atoms with E-state index in [1.54, 1.807) is 13.0 Å². The number of hydrogen-bond acceptors (Lipinski definition) is 9. The van der Waals surface area contributed by atoms with E-state index in [0.29, 0.717) is 21.7 Å². The molecule has 0 spiro atoms. The number of hydrogen-bond donors (Lipinski definition) is 1. The number of benzene rings is 1. The number of nitrogens with two attached hydrogens (primary N) is 1. The van der Waals surface area contributed by atoms with Crippen LogP contribution in [0.5, 0.6) is 17.2 Å². The van der Waals surface area contributed by atoms with Crippen molar-refractivity contribution in [3.05, 3.63) is 39.8 Å². The highest BCUT2D eigenvalue weighted by atomic mass is 79.9. The summed E-state index contributed by atoms with van der Waals surface area (Å²) in [6, 6.07) is 5.87. The molecule has 0 unspecified atom stereocenters. The molecule has 0 aliphatic carbocycles. The molecule has 1 aliphatic heterocycles. The van der Waals surface area contributed by atoms with Gasteiger partial charge in [-0.2, -0.15) is 0 Å². The number of carbonyl (C=O) groups excluding carboxylic acids is 1. The van der Waals surface area contributed by atoms with E-state index in [2.05, 4.69) is 21.1 Å². The lowest BCUT2D eigenvalue weighted by molar-refractivity contribution is 0.174. The van der Waals surface area contributed by atoms with Gasteiger partial charge >= 0.3 is 6.09 Å². The van der Waals surface area contributed by atoms with Gasteiger partial charge in [-0.05, 0) is 46.4 Å². The molecule has 1 aromatic carbocycles. The van der Waals surface area contributed by atoms with E-state index in [4.69, 9.17) is 23.9 Å². The summed E-state index contributed by atoms with van der Waals surface area (Å²) in [6.45, 7) is 1.71. The highest BCUT2D eigenvalue weighted by Crippen LogP contribution is 2.41. The minimum absolute atomic E-state index is 0.00454. The lowest BCUT2D eigenvalue weighted by Crippen LogP contribution is -2.30. The molecule has 10 nitrogen and oxygen atoms in total. The summed E-state index contributed by atoms with van der Waals surface area (Å²) in [4.78, 5) is 13.7. The lowest BCUT2D eigenvalue weighted by atomic mass is 10.3. The van der Waals surface area contributed by atoms with Gasteiger partial charge in [0.05, 0.1) is 5.69 Å². The molecule has 13 heteroatoms. The van der Waals surface area contributed by atoms with Crippen LogP contribution in [0.1, 0.15) is 5.69 Å². The molecule has 0 bridgehead atoms. The summed E-state index contributed by atoms with van der Waals surface area (Å²) in [5, 5.41) is 10.6. The van der Waals surface area contributed by atoms with Crippen molar-refractivity contribution in [2.45, 2.75) is 11.8 Å². The van der Waals surface area contributed by atoms with Gasteiger partial charge in [-0.3, -0.25) is 0 Å². The van der Waals surface area contributed by atoms with Gasteiger partial charge < -0.3 is 18.7 Å². The second-order valence-corrected chi connectivity index (χ2v) is 8.96. The largest absolute Gasteiger partial charge is 0.454 e. The highest BCUT2D eigenvalue weighted by Gasteiger charge is 2.33. The van der Waals surface area contributed by atoms with Crippen LogP contribution in [0.2, 0.25) is 0 Å². The molecule has 4 rings (SSSR count). The topological polar surface area (TPSA) is 134 Å². The Kier molecular flexibility index (Phi) is 4.98. The number of nitrogens with zero attached hydrogens (tertiary/aromatic N) is 2. The fourth-order valence-electron chi connectivity index (χ4n) is 2.50. The van der Waals surface area contributed by atoms with Crippen LogP contribution >= 0.6 is 27.3 Å². The molecular weight excluding hydrogens is 490 g/mol. The smallest absolute Gasteiger partial charge is 0.427 e. The maximum absolute atomic E-state index is 13.0. The van der Waals surface area contributed by atoms with E-state index in [9.17, 15) is 13.2 Å². The molecule has 2 N–H and O–H groups in total. The van der Waals surface area contributed by atoms with Crippen molar-refractivity contribution >= 4 is 54.3 Å². The molecular formula is C16H12BrN3O7S2. The molecule has 3 heterocycles. The van der Waals surface area contributed by atoms with E-state index < -0.39 is 16.1 Å². The fraction of sp³-hybridized carbons (Fsp3) is 0.125. The van der Waals surface area contributed by atoms with Crippen LogP contribution in [0.25, 0.3) is 0 Å². The van der Waals surface area contributed by atoms with Crippen molar-refractivity contribution in [1.82, 2.24) is 5.16 Å². The first-order valence-corrected chi connectivity index (χ1v) is 11.1. The number of anilines is 2. The molecule has 0 fully saturated rings. The van der Waals surface area contributed by atoms with Crippen molar-refractivity contribution in [3.63, 3.8) is 0 Å². The van der Waals surface area contributed by atoms with E-state index in [0.717, 1.165) is 16.2 Å². The van der Waals surface area contributed by atoms with Crippen molar-refractivity contribution in [2.24, 2.45) is 5.14 Å². The Morgan fingerprint density at radius 3 is 2.76 bits per heavy atom. The minimum Gasteiger partial charge on any atom is -0.454 e. The molecule has 2 aromatic heterocycles. The van der Waals surface area contributed by atoms with E-state index in [1.165, 1.54) is 23.6 Å². The summed E-state index contributed by atoms with van der Waals surface area (Å²) in [5.74, 6) is 1.04. The van der Waals surface area contributed by atoms with Crippen LogP contribution < -0.4 is 24.2 Å². The van der Waals surface area contributed by atoms with E-state index in [-0.39, 0.29) is 28.3 Å². The maximum atomic E-state index is 13.0. The number of primary sulfonamides is 1. The number of halogens is 1.